The lowest BCUT2D eigenvalue weighted by atomic mass is 10.0. The molecule has 0 atom stereocenters. The molecule has 0 unspecified atom stereocenters. The highest BCUT2D eigenvalue weighted by Crippen LogP contribution is 2.25. The van der Waals surface area contributed by atoms with Gasteiger partial charge in [-0.1, -0.05) is 6.07 Å². The number of aryl methyl sites for hydroxylation is 2. The number of carboxylic acid groups (broad SMARTS) is 1. The van der Waals surface area contributed by atoms with Gasteiger partial charge < -0.3 is 9.84 Å². The summed E-state index contributed by atoms with van der Waals surface area (Å²) in [4.78, 5) is 11.3. The van der Waals surface area contributed by atoms with Crippen molar-refractivity contribution in [3.63, 3.8) is 0 Å². The summed E-state index contributed by atoms with van der Waals surface area (Å²) in [5, 5.41) is 9.25. The van der Waals surface area contributed by atoms with Crippen LogP contribution in [0.1, 0.15) is 21.5 Å². The van der Waals surface area contributed by atoms with Crippen LogP contribution in [0.5, 0.6) is 0 Å². The Kier molecular flexibility index (Phi) is 4.50. The van der Waals surface area contributed by atoms with Gasteiger partial charge in [-0.05, 0) is 31.0 Å². The van der Waals surface area contributed by atoms with E-state index in [2.05, 4.69) is 4.72 Å². The lowest BCUT2D eigenvalue weighted by Gasteiger charge is -2.27. The van der Waals surface area contributed by atoms with Gasteiger partial charge in [-0.3, -0.25) is 4.72 Å². The number of morpholine rings is 1. The third kappa shape index (κ3) is 3.52. The summed E-state index contributed by atoms with van der Waals surface area (Å²) >= 11 is 0. The molecule has 116 valence electrons. The van der Waals surface area contributed by atoms with Crippen molar-refractivity contribution in [2.75, 3.05) is 31.0 Å². The molecule has 0 bridgehead atoms. The average molecular weight is 314 g/mol. The van der Waals surface area contributed by atoms with Gasteiger partial charge in [-0.15, -0.1) is 0 Å². The minimum Gasteiger partial charge on any atom is -0.478 e. The van der Waals surface area contributed by atoms with Crippen molar-refractivity contribution in [2.45, 2.75) is 13.8 Å². The zero-order chi connectivity index (χ0) is 15.6. The molecule has 0 amide bonds. The molecule has 1 aromatic rings. The van der Waals surface area contributed by atoms with Gasteiger partial charge in [0.2, 0.25) is 0 Å². The molecule has 0 aliphatic carbocycles. The van der Waals surface area contributed by atoms with Gasteiger partial charge in [0.25, 0.3) is 0 Å². The smallest absolute Gasteiger partial charge is 0.337 e. The predicted molar refractivity (Wildman–Crippen MR) is 77.8 cm³/mol. The first kappa shape index (κ1) is 15.7. The topological polar surface area (TPSA) is 95.9 Å². The van der Waals surface area contributed by atoms with Crippen molar-refractivity contribution in [1.82, 2.24) is 4.31 Å². The number of aromatic carboxylic acids is 1. The molecule has 1 aromatic carbocycles. The van der Waals surface area contributed by atoms with Crippen molar-refractivity contribution in [1.29, 1.82) is 0 Å². The molecule has 1 heterocycles. The van der Waals surface area contributed by atoms with E-state index < -0.39 is 16.2 Å². The van der Waals surface area contributed by atoms with Gasteiger partial charge >= 0.3 is 16.2 Å². The van der Waals surface area contributed by atoms with Crippen LogP contribution < -0.4 is 4.72 Å². The number of rotatable bonds is 4. The van der Waals surface area contributed by atoms with Gasteiger partial charge in [-0.2, -0.15) is 12.7 Å². The zero-order valence-electron chi connectivity index (χ0n) is 11.9. The number of nitrogens with zero attached hydrogens (tertiary/aromatic N) is 1. The number of hydrogen-bond donors (Lipinski definition) is 2. The molecular formula is C13H18N2O5S. The van der Waals surface area contributed by atoms with Gasteiger partial charge in [0, 0.05) is 13.1 Å². The van der Waals surface area contributed by atoms with Crippen LogP contribution in [0, 0.1) is 13.8 Å². The standard InChI is InChI=1S/C13H18N2O5S/c1-9-7-10(2)12(11(8-9)13(16)17)14-21(18,19)15-3-5-20-6-4-15/h7-8,14H,3-6H2,1-2H3,(H,16,17). The third-order valence-corrected chi connectivity index (χ3v) is 4.76. The Bertz CT molecular complexity index is 651. The van der Waals surface area contributed by atoms with E-state index in [1.807, 2.05) is 0 Å². The SMILES string of the molecule is Cc1cc(C)c(NS(=O)(=O)N2CCOCC2)c(C(=O)O)c1. The fraction of sp³-hybridized carbons (Fsp3) is 0.462. The van der Waals surface area contributed by atoms with E-state index in [0.29, 0.717) is 18.8 Å². The lowest BCUT2D eigenvalue weighted by Crippen LogP contribution is -2.43. The lowest BCUT2D eigenvalue weighted by molar-refractivity contribution is 0.0697. The summed E-state index contributed by atoms with van der Waals surface area (Å²) in [6.45, 7) is 4.61. The van der Waals surface area contributed by atoms with E-state index in [4.69, 9.17) is 4.74 Å². The van der Waals surface area contributed by atoms with E-state index in [1.165, 1.54) is 10.4 Å². The molecular weight excluding hydrogens is 296 g/mol. The molecule has 1 saturated heterocycles. The highest BCUT2D eigenvalue weighted by molar-refractivity contribution is 7.90. The molecule has 0 spiro atoms. The molecule has 0 radical (unpaired) electrons. The van der Waals surface area contributed by atoms with Crippen LogP contribution in [0.4, 0.5) is 5.69 Å². The van der Waals surface area contributed by atoms with Crippen LogP contribution in [0.2, 0.25) is 0 Å². The summed E-state index contributed by atoms with van der Waals surface area (Å²) in [5.41, 5.74) is 1.40. The quantitative estimate of drug-likeness (QED) is 0.864. The van der Waals surface area contributed by atoms with Gasteiger partial charge in [0.05, 0.1) is 24.5 Å². The molecule has 0 saturated carbocycles. The predicted octanol–water partition coefficient (Wildman–Crippen LogP) is 0.991. The molecule has 7 nitrogen and oxygen atoms in total. The van der Waals surface area contributed by atoms with E-state index in [-0.39, 0.29) is 24.3 Å². The first-order valence-corrected chi connectivity index (χ1v) is 7.95. The molecule has 1 fully saturated rings. The maximum Gasteiger partial charge on any atom is 0.337 e. The van der Waals surface area contributed by atoms with E-state index in [0.717, 1.165) is 5.56 Å². The Morgan fingerprint density at radius 1 is 1.29 bits per heavy atom. The number of anilines is 1. The Labute approximate surface area is 123 Å². The molecule has 0 aromatic heterocycles. The summed E-state index contributed by atoms with van der Waals surface area (Å²) in [7, 11) is -3.79. The van der Waals surface area contributed by atoms with E-state index in [1.54, 1.807) is 19.9 Å². The van der Waals surface area contributed by atoms with Crippen LogP contribution in [0.15, 0.2) is 12.1 Å². The summed E-state index contributed by atoms with van der Waals surface area (Å²) in [6, 6.07) is 3.19. The normalized spacial score (nSPS) is 16.7. The molecule has 2 rings (SSSR count). The molecule has 2 N–H and O–H groups in total. The van der Waals surface area contributed by atoms with Crippen LogP contribution in [-0.4, -0.2) is 50.1 Å². The second kappa shape index (κ2) is 6.00. The van der Waals surface area contributed by atoms with Crippen LogP contribution in [0.25, 0.3) is 0 Å². The Morgan fingerprint density at radius 3 is 2.48 bits per heavy atom. The first-order valence-electron chi connectivity index (χ1n) is 6.51. The highest BCUT2D eigenvalue weighted by Gasteiger charge is 2.26. The summed E-state index contributed by atoms with van der Waals surface area (Å²) < 4.78 is 33.4. The zero-order valence-corrected chi connectivity index (χ0v) is 12.7. The Hall–Kier alpha value is -1.64. The number of carbonyl (C=O) groups is 1. The highest BCUT2D eigenvalue weighted by atomic mass is 32.2. The van der Waals surface area contributed by atoms with E-state index in [9.17, 15) is 18.3 Å². The number of hydrogen-bond acceptors (Lipinski definition) is 4. The van der Waals surface area contributed by atoms with Crippen LogP contribution >= 0.6 is 0 Å². The molecule has 8 heteroatoms. The van der Waals surface area contributed by atoms with Crippen molar-refractivity contribution in [3.05, 3.63) is 28.8 Å². The summed E-state index contributed by atoms with van der Waals surface area (Å²) in [5.74, 6) is -1.17. The fourth-order valence-corrected chi connectivity index (χ4v) is 3.54. The molecule has 21 heavy (non-hydrogen) atoms. The third-order valence-electron chi connectivity index (χ3n) is 3.25. The fourth-order valence-electron chi connectivity index (χ4n) is 2.25. The van der Waals surface area contributed by atoms with Crippen molar-refractivity contribution in [2.24, 2.45) is 0 Å². The maximum atomic E-state index is 12.3. The average Bonchev–Trinajstić information content (AvgIpc) is 2.42. The molecule has 1 aliphatic heterocycles. The second-order valence-electron chi connectivity index (χ2n) is 4.93. The van der Waals surface area contributed by atoms with Crippen molar-refractivity contribution in [3.8, 4) is 0 Å². The number of ether oxygens (including phenoxy) is 1. The number of nitrogens with one attached hydrogen (secondary N) is 1. The maximum absolute atomic E-state index is 12.3. The second-order valence-corrected chi connectivity index (χ2v) is 6.60. The summed E-state index contributed by atoms with van der Waals surface area (Å²) in [6.07, 6.45) is 0. The Morgan fingerprint density at radius 2 is 1.90 bits per heavy atom. The number of benzene rings is 1. The van der Waals surface area contributed by atoms with Gasteiger partial charge in [-0.25, -0.2) is 4.79 Å². The monoisotopic (exact) mass is 314 g/mol. The minimum atomic E-state index is -3.79. The first-order chi connectivity index (χ1) is 9.81. The van der Waals surface area contributed by atoms with Crippen LogP contribution in [0.3, 0.4) is 0 Å². The van der Waals surface area contributed by atoms with Crippen molar-refractivity contribution >= 4 is 21.9 Å². The van der Waals surface area contributed by atoms with Crippen molar-refractivity contribution < 1.29 is 23.1 Å². The minimum absolute atomic E-state index is 0.0515. The van der Waals surface area contributed by atoms with Gasteiger partial charge in [0.15, 0.2) is 0 Å². The Balaban J connectivity index is 2.36. The van der Waals surface area contributed by atoms with E-state index >= 15 is 0 Å². The van der Waals surface area contributed by atoms with Gasteiger partial charge in [0.1, 0.15) is 0 Å². The largest absolute Gasteiger partial charge is 0.478 e. The van der Waals surface area contributed by atoms with Crippen LogP contribution in [-0.2, 0) is 14.9 Å². The molecule has 1 aliphatic rings. The number of carboxylic acids is 1.